The molecule has 1 aromatic carbocycles. The molecule has 0 aliphatic carbocycles. The summed E-state index contributed by atoms with van der Waals surface area (Å²) >= 11 is 0. The molecule has 3 heterocycles. The Balaban J connectivity index is 1.32. The number of hydrogen-bond acceptors (Lipinski definition) is 6. The molecule has 1 aliphatic heterocycles. The summed E-state index contributed by atoms with van der Waals surface area (Å²) in [5.41, 5.74) is 2.51. The van der Waals surface area contributed by atoms with Crippen molar-refractivity contribution in [2.45, 2.75) is 13.1 Å². The number of aromatic nitrogens is 3. The molecule has 1 N–H and O–H groups in total. The summed E-state index contributed by atoms with van der Waals surface area (Å²) < 4.78 is 0. The van der Waals surface area contributed by atoms with Gasteiger partial charge in [0.2, 0.25) is 0 Å². The first-order valence-electron chi connectivity index (χ1n) is 9.79. The van der Waals surface area contributed by atoms with Gasteiger partial charge >= 0.3 is 0 Å². The molecule has 0 bridgehead atoms. The van der Waals surface area contributed by atoms with Gasteiger partial charge in [0, 0.05) is 45.0 Å². The monoisotopic (exact) mass is 388 g/mol. The van der Waals surface area contributed by atoms with Gasteiger partial charge in [-0.15, -0.1) is 0 Å². The van der Waals surface area contributed by atoms with Crippen molar-refractivity contribution < 1.29 is 4.79 Å². The van der Waals surface area contributed by atoms with Gasteiger partial charge in [0.1, 0.15) is 17.8 Å². The van der Waals surface area contributed by atoms with Crippen LogP contribution in [0.15, 0.2) is 67.1 Å². The second-order valence-electron chi connectivity index (χ2n) is 7.01. The number of hydrogen-bond donors (Lipinski definition) is 1. The lowest BCUT2D eigenvalue weighted by Crippen LogP contribution is -2.46. The third-order valence-corrected chi connectivity index (χ3v) is 4.99. The minimum Gasteiger partial charge on any atom is -0.354 e. The topological polar surface area (TPSA) is 74.2 Å². The molecular formula is C22H24N6O. The average Bonchev–Trinajstić information content (AvgIpc) is 2.79. The first-order valence-corrected chi connectivity index (χ1v) is 9.79. The second kappa shape index (κ2) is 9.25. The van der Waals surface area contributed by atoms with Gasteiger partial charge in [-0.2, -0.15) is 0 Å². The molecule has 3 aromatic rings. The maximum absolute atomic E-state index is 12.5. The highest BCUT2D eigenvalue weighted by Crippen LogP contribution is 2.15. The summed E-state index contributed by atoms with van der Waals surface area (Å²) in [5, 5.41) is 2.86. The Kier molecular flexibility index (Phi) is 6.07. The summed E-state index contributed by atoms with van der Waals surface area (Å²) in [6.07, 6.45) is 3.17. The molecule has 1 amide bonds. The first kappa shape index (κ1) is 19.0. The summed E-state index contributed by atoms with van der Waals surface area (Å²) in [5.74, 6) is 0.573. The van der Waals surface area contributed by atoms with Crippen molar-refractivity contribution in [3.8, 4) is 0 Å². The largest absolute Gasteiger partial charge is 0.354 e. The van der Waals surface area contributed by atoms with E-state index in [1.165, 1.54) is 11.9 Å². The molecule has 7 nitrogen and oxygen atoms in total. The number of nitrogens with one attached hydrogen (secondary N) is 1. The molecule has 1 saturated heterocycles. The van der Waals surface area contributed by atoms with Gasteiger partial charge < -0.3 is 10.2 Å². The number of benzene rings is 1. The predicted molar refractivity (Wildman–Crippen MR) is 111 cm³/mol. The third kappa shape index (κ3) is 5.14. The summed E-state index contributed by atoms with van der Waals surface area (Å²) in [6.45, 7) is 4.99. The van der Waals surface area contributed by atoms with Crippen LogP contribution < -0.4 is 10.2 Å². The van der Waals surface area contributed by atoms with Crippen molar-refractivity contribution in [1.82, 2.24) is 25.2 Å². The van der Waals surface area contributed by atoms with Crippen LogP contribution in [0.5, 0.6) is 0 Å². The predicted octanol–water partition coefficient (Wildman–Crippen LogP) is 2.12. The van der Waals surface area contributed by atoms with Gasteiger partial charge in [-0.25, -0.2) is 9.97 Å². The Morgan fingerprint density at radius 2 is 1.72 bits per heavy atom. The number of amides is 1. The molecule has 1 aliphatic rings. The lowest BCUT2D eigenvalue weighted by Gasteiger charge is -2.35. The molecule has 7 heteroatoms. The summed E-state index contributed by atoms with van der Waals surface area (Å²) in [7, 11) is 0. The van der Waals surface area contributed by atoms with E-state index in [4.69, 9.17) is 0 Å². The number of nitrogens with zero attached hydrogens (tertiary/aromatic N) is 5. The molecule has 0 unspecified atom stereocenters. The van der Waals surface area contributed by atoms with E-state index in [-0.39, 0.29) is 5.91 Å². The van der Waals surface area contributed by atoms with Crippen molar-refractivity contribution in [3.05, 3.63) is 84.1 Å². The van der Waals surface area contributed by atoms with E-state index >= 15 is 0 Å². The van der Waals surface area contributed by atoms with Crippen LogP contribution in [0.4, 0.5) is 5.82 Å². The summed E-state index contributed by atoms with van der Waals surface area (Å²) in [6, 6.07) is 17.9. The molecule has 29 heavy (non-hydrogen) atoms. The molecule has 148 valence electrons. The van der Waals surface area contributed by atoms with Gasteiger partial charge in [-0.05, 0) is 17.7 Å². The maximum Gasteiger partial charge on any atom is 0.270 e. The molecule has 1 fully saturated rings. The number of anilines is 1. The van der Waals surface area contributed by atoms with Crippen LogP contribution in [-0.4, -0.2) is 51.9 Å². The number of carbonyl (C=O) groups is 1. The standard InChI is InChI=1S/C22H24N6O/c29-22(24-15-19-8-4-5-9-23-19)20-14-21(26-17-25-20)28-12-10-27(11-13-28)16-18-6-2-1-3-7-18/h1-9,14,17H,10-13,15-16H2,(H,24,29). The van der Waals surface area contributed by atoms with Gasteiger partial charge in [0.05, 0.1) is 12.2 Å². The van der Waals surface area contributed by atoms with Crippen molar-refractivity contribution in [3.63, 3.8) is 0 Å². The molecule has 0 atom stereocenters. The minimum absolute atomic E-state index is 0.220. The summed E-state index contributed by atoms with van der Waals surface area (Å²) in [4.78, 5) is 29.8. The third-order valence-electron chi connectivity index (χ3n) is 4.99. The van der Waals surface area contributed by atoms with Crippen LogP contribution >= 0.6 is 0 Å². The Morgan fingerprint density at radius 3 is 2.48 bits per heavy atom. The van der Waals surface area contributed by atoms with Crippen molar-refractivity contribution in [1.29, 1.82) is 0 Å². The van der Waals surface area contributed by atoms with E-state index in [0.717, 1.165) is 44.2 Å². The highest BCUT2D eigenvalue weighted by Gasteiger charge is 2.19. The normalized spacial score (nSPS) is 14.6. The SMILES string of the molecule is O=C(NCc1ccccn1)c1cc(N2CCN(Cc3ccccc3)CC2)ncn1. The highest BCUT2D eigenvalue weighted by molar-refractivity contribution is 5.92. The Labute approximate surface area is 170 Å². The van der Waals surface area contributed by atoms with Crippen molar-refractivity contribution >= 4 is 11.7 Å². The molecule has 0 spiro atoms. The van der Waals surface area contributed by atoms with Crippen LogP contribution in [-0.2, 0) is 13.1 Å². The van der Waals surface area contributed by atoms with Gasteiger partial charge in [-0.3, -0.25) is 14.7 Å². The Bertz CT molecular complexity index is 926. The number of piperazine rings is 1. The zero-order valence-electron chi connectivity index (χ0n) is 16.2. The van der Waals surface area contributed by atoms with Crippen LogP contribution in [0, 0.1) is 0 Å². The average molecular weight is 388 g/mol. The molecular weight excluding hydrogens is 364 g/mol. The van der Waals surface area contributed by atoms with Gasteiger partial charge in [-0.1, -0.05) is 36.4 Å². The van der Waals surface area contributed by atoms with Crippen molar-refractivity contribution in [2.24, 2.45) is 0 Å². The lowest BCUT2D eigenvalue weighted by atomic mass is 10.2. The second-order valence-corrected chi connectivity index (χ2v) is 7.01. The zero-order chi connectivity index (χ0) is 19.9. The molecule has 4 rings (SSSR count). The van der Waals surface area contributed by atoms with E-state index in [2.05, 4.69) is 54.3 Å². The first-order chi connectivity index (χ1) is 14.3. The van der Waals surface area contributed by atoms with Crippen molar-refractivity contribution in [2.75, 3.05) is 31.1 Å². The van der Waals surface area contributed by atoms with E-state index < -0.39 is 0 Å². The zero-order valence-corrected chi connectivity index (χ0v) is 16.2. The van der Waals surface area contributed by atoms with Crippen LogP contribution in [0.3, 0.4) is 0 Å². The molecule has 0 radical (unpaired) electrons. The molecule has 2 aromatic heterocycles. The van der Waals surface area contributed by atoms with E-state index in [9.17, 15) is 4.79 Å². The van der Waals surface area contributed by atoms with Crippen LogP contribution in [0.25, 0.3) is 0 Å². The Hall–Kier alpha value is -3.32. The smallest absolute Gasteiger partial charge is 0.270 e. The minimum atomic E-state index is -0.220. The van der Waals surface area contributed by atoms with Crippen LogP contribution in [0.2, 0.25) is 0 Å². The van der Waals surface area contributed by atoms with E-state index in [1.807, 2.05) is 24.3 Å². The fourth-order valence-corrected chi connectivity index (χ4v) is 3.38. The highest BCUT2D eigenvalue weighted by atomic mass is 16.1. The number of rotatable bonds is 6. The number of pyridine rings is 1. The van der Waals surface area contributed by atoms with E-state index in [0.29, 0.717) is 12.2 Å². The molecule has 0 saturated carbocycles. The maximum atomic E-state index is 12.5. The quantitative estimate of drug-likeness (QED) is 0.697. The van der Waals surface area contributed by atoms with Gasteiger partial charge in [0.15, 0.2) is 0 Å². The Morgan fingerprint density at radius 1 is 0.931 bits per heavy atom. The fourth-order valence-electron chi connectivity index (χ4n) is 3.38. The van der Waals surface area contributed by atoms with Gasteiger partial charge in [0.25, 0.3) is 5.91 Å². The van der Waals surface area contributed by atoms with E-state index in [1.54, 1.807) is 12.3 Å². The number of carbonyl (C=O) groups excluding carboxylic acids is 1. The lowest BCUT2D eigenvalue weighted by molar-refractivity contribution is 0.0945. The van der Waals surface area contributed by atoms with Crippen LogP contribution in [0.1, 0.15) is 21.7 Å². The fraction of sp³-hybridized carbons (Fsp3) is 0.273.